The zero-order valence-electron chi connectivity index (χ0n) is 18.1. The van der Waals surface area contributed by atoms with Gasteiger partial charge in [-0.3, -0.25) is 0 Å². The Labute approximate surface area is 171 Å². The Kier molecular flexibility index (Phi) is 6.72. The minimum Gasteiger partial charge on any atom is -0.496 e. The lowest BCUT2D eigenvalue weighted by Crippen LogP contribution is -2.48. The van der Waals surface area contributed by atoms with Gasteiger partial charge in [0.05, 0.1) is 12.0 Å². The molecule has 2 aliphatic rings. The van der Waals surface area contributed by atoms with E-state index < -0.39 is 10.0 Å². The number of nitrogens with zero attached hydrogens (tertiary/aromatic N) is 2. The van der Waals surface area contributed by atoms with Crippen molar-refractivity contribution >= 4 is 10.0 Å². The fraction of sp³-hybridized carbons (Fsp3) is 0.727. The smallest absolute Gasteiger partial charge is 0.243 e. The summed E-state index contributed by atoms with van der Waals surface area (Å²) in [7, 11) is -1.84. The largest absolute Gasteiger partial charge is 0.496 e. The number of likely N-dealkylation sites (tertiary alicyclic amines) is 1. The van der Waals surface area contributed by atoms with Gasteiger partial charge >= 0.3 is 0 Å². The van der Waals surface area contributed by atoms with Gasteiger partial charge in [0.25, 0.3) is 0 Å². The first kappa shape index (κ1) is 21.6. The Morgan fingerprint density at radius 3 is 2.18 bits per heavy atom. The van der Waals surface area contributed by atoms with E-state index in [4.69, 9.17) is 4.74 Å². The summed E-state index contributed by atoms with van der Waals surface area (Å²) in [6.07, 6.45) is 4.39. The van der Waals surface area contributed by atoms with Gasteiger partial charge in [0.15, 0.2) is 0 Å². The number of hydrogen-bond acceptors (Lipinski definition) is 4. The van der Waals surface area contributed by atoms with Crippen molar-refractivity contribution in [3.05, 3.63) is 23.3 Å². The number of sulfonamides is 1. The van der Waals surface area contributed by atoms with Gasteiger partial charge in [-0.15, -0.1) is 0 Å². The van der Waals surface area contributed by atoms with E-state index >= 15 is 0 Å². The minimum absolute atomic E-state index is 0.205. The van der Waals surface area contributed by atoms with Gasteiger partial charge in [-0.2, -0.15) is 4.31 Å². The summed E-state index contributed by atoms with van der Waals surface area (Å²) in [5, 5.41) is 0. The Morgan fingerprint density at radius 2 is 1.64 bits per heavy atom. The third-order valence-corrected chi connectivity index (χ3v) is 8.57. The Hall–Kier alpha value is -1.11. The lowest BCUT2D eigenvalue weighted by molar-refractivity contribution is 0.101. The molecule has 0 aliphatic carbocycles. The van der Waals surface area contributed by atoms with Crippen molar-refractivity contribution in [1.82, 2.24) is 9.21 Å². The number of ether oxygens (including phenoxy) is 1. The highest BCUT2D eigenvalue weighted by Gasteiger charge is 2.33. The maximum atomic E-state index is 13.4. The van der Waals surface area contributed by atoms with Crippen LogP contribution in [-0.4, -0.2) is 57.0 Å². The predicted molar refractivity (Wildman–Crippen MR) is 114 cm³/mol. The second kappa shape index (κ2) is 8.72. The molecule has 2 heterocycles. The normalized spacial score (nSPS) is 21.4. The summed E-state index contributed by atoms with van der Waals surface area (Å²) in [6, 6.07) is 4.22. The Balaban J connectivity index is 1.75. The molecular weight excluding hydrogens is 372 g/mol. The van der Waals surface area contributed by atoms with E-state index in [0.29, 0.717) is 24.0 Å². The lowest BCUT2D eigenvalue weighted by Gasteiger charge is -2.41. The van der Waals surface area contributed by atoms with Gasteiger partial charge in [0.1, 0.15) is 5.75 Å². The van der Waals surface area contributed by atoms with Gasteiger partial charge in [-0.25, -0.2) is 8.42 Å². The Morgan fingerprint density at radius 1 is 1.04 bits per heavy atom. The van der Waals surface area contributed by atoms with Gasteiger partial charge in [0, 0.05) is 19.1 Å². The van der Waals surface area contributed by atoms with Crippen LogP contribution in [0.25, 0.3) is 0 Å². The molecule has 0 radical (unpaired) electrons. The molecule has 0 atom stereocenters. The molecular formula is C22H36N2O3S. The van der Waals surface area contributed by atoms with E-state index in [0.717, 1.165) is 48.7 Å². The minimum atomic E-state index is -3.48. The van der Waals surface area contributed by atoms with Crippen LogP contribution in [0.5, 0.6) is 5.75 Å². The van der Waals surface area contributed by atoms with Crippen LogP contribution in [0.15, 0.2) is 17.0 Å². The molecule has 2 aliphatic heterocycles. The van der Waals surface area contributed by atoms with Gasteiger partial charge in [-0.05, 0) is 80.8 Å². The number of benzene rings is 1. The maximum absolute atomic E-state index is 13.4. The quantitative estimate of drug-likeness (QED) is 0.739. The molecule has 28 heavy (non-hydrogen) atoms. The Bertz CT molecular complexity index is 775. The average molecular weight is 409 g/mol. The highest BCUT2D eigenvalue weighted by atomic mass is 32.2. The van der Waals surface area contributed by atoms with E-state index in [1.54, 1.807) is 11.4 Å². The predicted octanol–water partition coefficient (Wildman–Crippen LogP) is 4.01. The van der Waals surface area contributed by atoms with Crippen molar-refractivity contribution in [2.45, 2.75) is 70.2 Å². The van der Waals surface area contributed by atoms with Crippen LogP contribution in [-0.2, 0) is 10.0 Å². The second-order valence-corrected chi connectivity index (χ2v) is 10.8. The first-order chi connectivity index (χ1) is 13.2. The molecule has 0 unspecified atom stereocenters. The molecule has 0 amide bonds. The molecule has 1 aromatic rings. The number of rotatable bonds is 5. The van der Waals surface area contributed by atoms with Gasteiger partial charge in [-0.1, -0.05) is 20.8 Å². The summed E-state index contributed by atoms with van der Waals surface area (Å²) in [5.74, 6) is 1.80. The second-order valence-electron chi connectivity index (χ2n) is 8.87. The third kappa shape index (κ3) is 4.39. The molecule has 2 saturated heterocycles. The third-order valence-electron chi connectivity index (χ3n) is 6.53. The van der Waals surface area contributed by atoms with Gasteiger partial charge in [0.2, 0.25) is 10.0 Å². The van der Waals surface area contributed by atoms with E-state index in [-0.39, 0.29) is 5.92 Å². The first-order valence-corrected chi connectivity index (χ1v) is 12.1. The molecule has 0 N–H and O–H groups in total. The molecule has 1 aromatic carbocycles. The number of hydrogen-bond donors (Lipinski definition) is 0. The zero-order chi connectivity index (χ0) is 20.5. The van der Waals surface area contributed by atoms with Crippen molar-refractivity contribution in [3.8, 4) is 5.75 Å². The van der Waals surface area contributed by atoms with Crippen LogP contribution in [0, 0.1) is 12.8 Å². The fourth-order valence-electron chi connectivity index (χ4n) is 4.56. The monoisotopic (exact) mass is 408 g/mol. The lowest BCUT2D eigenvalue weighted by atomic mass is 9.95. The molecule has 0 saturated carbocycles. The van der Waals surface area contributed by atoms with E-state index in [9.17, 15) is 8.42 Å². The van der Waals surface area contributed by atoms with E-state index in [1.807, 2.05) is 19.1 Å². The van der Waals surface area contributed by atoms with Crippen LogP contribution in [0.3, 0.4) is 0 Å². The molecule has 2 fully saturated rings. The van der Waals surface area contributed by atoms with Crippen LogP contribution >= 0.6 is 0 Å². The summed E-state index contributed by atoms with van der Waals surface area (Å²) in [4.78, 5) is 3.02. The highest BCUT2D eigenvalue weighted by Crippen LogP contribution is 2.34. The van der Waals surface area contributed by atoms with Crippen molar-refractivity contribution < 1.29 is 13.2 Å². The van der Waals surface area contributed by atoms with E-state index in [1.165, 1.54) is 12.8 Å². The average Bonchev–Trinajstić information content (AvgIpc) is 2.68. The van der Waals surface area contributed by atoms with Crippen molar-refractivity contribution in [2.24, 2.45) is 5.92 Å². The topological polar surface area (TPSA) is 49.9 Å². The zero-order valence-corrected chi connectivity index (χ0v) is 18.9. The molecule has 6 heteroatoms. The van der Waals surface area contributed by atoms with E-state index in [2.05, 4.69) is 25.7 Å². The molecule has 158 valence electrons. The summed E-state index contributed by atoms with van der Waals surface area (Å²) in [5.41, 5.74) is 1.71. The molecule has 0 spiro atoms. The molecule has 3 rings (SSSR count). The van der Waals surface area contributed by atoms with Crippen LogP contribution < -0.4 is 4.74 Å². The SMILES string of the molecule is COc1cc(C)c(S(=O)(=O)N2CCC(N3CCC(C)CC3)CC2)cc1C(C)C. The molecule has 5 nitrogen and oxygen atoms in total. The van der Waals surface area contributed by atoms with Crippen molar-refractivity contribution in [2.75, 3.05) is 33.3 Å². The molecule has 0 bridgehead atoms. The van der Waals surface area contributed by atoms with Crippen LogP contribution in [0.4, 0.5) is 0 Å². The van der Waals surface area contributed by atoms with Crippen LogP contribution in [0.2, 0.25) is 0 Å². The fourth-order valence-corrected chi connectivity index (χ4v) is 6.28. The summed E-state index contributed by atoms with van der Waals surface area (Å²) >= 11 is 0. The standard InChI is InChI=1S/C22H36N2O3S/c1-16(2)20-15-22(18(4)14-21(20)27-5)28(25,26)24-12-8-19(9-13-24)23-10-6-17(3)7-11-23/h14-17,19H,6-13H2,1-5H3. The van der Waals surface area contributed by atoms with Crippen LogP contribution in [0.1, 0.15) is 63.5 Å². The number of aryl methyl sites for hydroxylation is 1. The highest BCUT2D eigenvalue weighted by molar-refractivity contribution is 7.89. The number of methoxy groups -OCH3 is 1. The van der Waals surface area contributed by atoms with Crippen molar-refractivity contribution in [1.29, 1.82) is 0 Å². The summed E-state index contributed by atoms with van der Waals surface area (Å²) < 4.78 is 33.9. The summed E-state index contributed by atoms with van der Waals surface area (Å²) in [6.45, 7) is 11.9. The number of piperidine rings is 2. The molecule has 0 aromatic heterocycles. The first-order valence-electron chi connectivity index (χ1n) is 10.7. The van der Waals surface area contributed by atoms with Crippen molar-refractivity contribution in [3.63, 3.8) is 0 Å². The maximum Gasteiger partial charge on any atom is 0.243 e. The van der Waals surface area contributed by atoms with Gasteiger partial charge < -0.3 is 9.64 Å².